The Morgan fingerprint density at radius 1 is 1.00 bits per heavy atom. The van der Waals surface area contributed by atoms with Gasteiger partial charge in [-0.2, -0.15) is 0 Å². The van der Waals surface area contributed by atoms with Crippen molar-refractivity contribution >= 4 is 0 Å². The minimum absolute atomic E-state index is 0.550. The zero-order valence-electron chi connectivity index (χ0n) is 11.4. The van der Waals surface area contributed by atoms with Gasteiger partial charge in [-0.3, -0.25) is 4.90 Å². The van der Waals surface area contributed by atoms with Crippen LogP contribution in [0.5, 0.6) is 0 Å². The number of hydrogen-bond donors (Lipinski definition) is 1. The number of hydrogen-bond acceptors (Lipinski definition) is 2. The molecule has 1 heterocycles. The molecule has 1 unspecified atom stereocenters. The van der Waals surface area contributed by atoms with Crippen molar-refractivity contribution in [2.24, 2.45) is 0 Å². The van der Waals surface area contributed by atoms with Crippen LogP contribution in [0.1, 0.15) is 64.7 Å². The molecule has 1 atom stereocenters. The van der Waals surface area contributed by atoms with E-state index in [0.29, 0.717) is 11.6 Å². The van der Waals surface area contributed by atoms with Crippen LogP contribution in [0.15, 0.2) is 0 Å². The average molecular weight is 236 g/mol. The van der Waals surface area contributed by atoms with Gasteiger partial charge in [0.25, 0.3) is 0 Å². The normalized spacial score (nSPS) is 35.5. The van der Waals surface area contributed by atoms with Crippen LogP contribution >= 0.6 is 0 Å². The summed E-state index contributed by atoms with van der Waals surface area (Å²) in [5.41, 5.74) is 0.550. The third-order valence-electron chi connectivity index (χ3n) is 5.41. The van der Waals surface area contributed by atoms with Crippen molar-refractivity contribution in [3.63, 3.8) is 0 Å². The van der Waals surface area contributed by atoms with Crippen molar-refractivity contribution in [3.05, 3.63) is 0 Å². The predicted octanol–water partition coefficient (Wildman–Crippen LogP) is 2.93. The largest absolute Gasteiger partial charge is 0.311 e. The minimum atomic E-state index is 0.550. The summed E-state index contributed by atoms with van der Waals surface area (Å²) in [5, 5.41) is 3.74. The average Bonchev–Trinajstić information content (AvgIpc) is 2.83. The molecule has 0 bridgehead atoms. The summed E-state index contributed by atoms with van der Waals surface area (Å²) in [4.78, 5) is 2.94. The van der Waals surface area contributed by atoms with E-state index in [1.54, 1.807) is 0 Å². The highest BCUT2D eigenvalue weighted by Gasteiger charge is 2.45. The molecule has 1 N–H and O–H groups in total. The summed E-state index contributed by atoms with van der Waals surface area (Å²) >= 11 is 0. The lowest BCUT2D eigenvalue weighted by Gasteiger charge is -2.52. The van der Waals surface area contributed by atoms with Crippen LogP contribution in [0.2, 0.25) is 0 Å². The Labute approximate surface area is 106 Å². The van der Waals surface area contributed by atoms with Crippen LogP contribution in [0.25, 0.3) is 0 Å². The van der Waals surface area contributed by atoms with Gasteiger partial charge in [0.15, 0.2) is 0 Å². The molecule has 0 aromatic carbocycles. The minimum Gasteiger partial charge on any atom is -0.311 e. The van der Waals surface area contributed by atoms with Gasteiger partial charge in [-0.1, -0.05) is 32.1 Å². The molecule has 2 nitrogen and oxygen atoms in total. The molecule has 0 aromatic heterocycles. The predicted molar refractivity (Wildman–Crippen MR) is 72.2 cm³/mol. The van der Waals surface area contributed by atoms with E-state index in [1.807, 2.05) is 0 Å². The monoisotopic (exact) mass is 236 g/mol. The Hall–Kier alpha value is -0.0800. The van der Waals surface area contributed by atoms with E-state index < -0.39 is 0 Å². The first-order valence-electron chi connectivity index (χ1n) is 7.80. The molecule has 3 rings (SSSR count). The van der Waals surface area contributed by atoms with E-state index in [0.717, 1.165) is 6.04 Å². The van der Waals surface area contributed by atoms with Gasteiger partial charge in [0.05, 0.1) is 0 Å². The molecular weight excluding hydrogens is 208 g/mol. The van der Waals surface area contributed by atoms with Crippen molar-refractivity contribution in [3.8, 4) is 0 Å². The maximum absolute atomic E-state index is 3.74. The first-order chi connectivity index (χ1) is 8.30. The van der Waals surface area contributed by atoms with Gasteiger partial charge >= 0.3 is 0 Å². The zero-order chi connectivity index (χ0) is 11.7. The molecule has 0 aromatic rings. The summed E-state index contributed by atoms with van der Waals surface area (Å²) < 4.78 is 0. The SMILES string of the molecule is CC1CN(C2CCCCC2)C2(CCCC2)CN1. The second-order valence-electron chi connectivity index (χ2n) is 6.66. The summed E-state index contributed by atoms with van der Waals surface area (Å²) in [6, 6.07) is 1.61. The third-order valence-corrected chi connectivity index (χ3v) is 5.41. The Kier molecular flexibility index (Phi) is 3.45. The fourth-order valence-corrected chi connectivity index (χ4v) is 4.45. The fourth-order valence-electron chi connectivity index (χ4n) is 4.45. The Morgan fingerprint density at radius 2 is 1.71 bits per heavy atom. The van der Waals surface area contributed by atoms with Gasteiger partial charge in [-0.25, -0.2) is 0 Å². The van der Waals surface area contributed by atoms with Gasteiger partial charge in [0.1, 0.15) is 0 Å². The van der Waals surface area contributed by atoms with E-state index in [2.05, 4.69) is 17.1 Å². The smallest absolute Gasteiger partial charge is 0.0337 e. The highest BCUT2D eigenvalue weighted by atomic mass is 15.3. The quantitative estimate of drug-likeness (QED) is 0.753. The van der Waals surface area contributed by atoms with Gasteiger partial charge in [-0.15, -0.1) is 0 Å². The maximum atomic E-state index is 3.74. The van der Waals surface area contributed by atoms with Crippen molar-refractivity contribution in [2.45, 2.75) is 82.3 Å². The lowest BCUT2D eigenvalue weighted by Crippen LogP contribution is -2.65. The van der Waals surface area contributed by atoms with Gasteiger partial charge in [0.2, 0.25) is 0 Å². The second kappa shape index (κ2) is 4.89. The molecule has 1 aliphatic heterocycles. The molecular formula is C15H28N2. The molecule has 1 saturated heterocycles. The molecule has 3 fully saturated rings. The molecule has 0 radical (unpaired) electrons. The van der Waals surface area contributed by atoms with E-state index in [9.17, 15) is 0 Å². The third kappa shape index (κ3) is 2.26. The number of nitrogens with zero attached hydrogens (tertiary/aromatic N) is 1. The summed E-state index contributed by atoms with van der Waals surface area (Å²) in [7, 11) is 0. The standard InChI is InChI=1S/C15H28N2/c1-13-11-17(14-7-3-2-4-8-14)15(12-16-13)9-5-6-10-15/h13-14,16H,2-12H2,1H3. The zero-order valence-corrected chi connectivity index (χ0v) is 11.4. The molecule has 2 saturated carbocycles. The number of piperazine rings is 1. The van der Waals surface area contributed by atoms with Crippen molar-refractivity contribution in [1.29, 1.82) is 0 Å². The molecule has 2 aliphatic carbocycles. The molecule has 0 amide bonds. The van der Waals surface area contributed by atoms with Gasteiger partial charge < -0.3 is 5.32 Å². The number of nitrogens with one attached hydrogen (secondary N) is 1. The molecule has 2 heteroatoms. The summed E-state index contributed by atoms with van der Waals surface area (Å²) in [5.74, 6) is 0. The van der Waals surface area contributed by atoms with E-state index in [1.165, 1.54) is 70.9 Å². The van der Waals surface area contributed by atoms with Gasteiger partial charge in [-0.05, 0) is 32.6 Å². The molecule has 1 spiro atoms. The Balaban J connectivity index is 1.76. The van der Waals surface area contributed by atoms with Crippen LogP contribution in [0.4, 0.5) is 0 Å². The fraction of sp³-hybridized carbons (Fsp3) is 1.00. The van der Waals surface area contributed by atoms with E-state index in [4.69, 9.17) is 0 Å². The molecule has 17 heavy (non-hydrogen) atoms. The van der Waals surface area contributed by atoms with Crippen LogP contribution < -0.4 is 5.32 Å². The van der Waals surface area contributed by atoms with E-state index >= 15 is 0 Å². The van der Waals surface area contributed by atoms with E-state index in [-0.39, 0.29) is 0 Å². The van der Waals surface area contributed by atoms with Gasteiger partial charge in [0, 0.05) is 30.7 Å². The molecule has 98 valence electrons. The van der Waals surface area contributed by atoms with Crippen LogP contribution in [-0.2, 0) is 0 Å². The maximum Gasteiger partial charge on any atom is 0.0337 e. The Bertz CT molecular complexity index is 252. The summed E-state index contributed by atoms with van der Waals surface area (Å²) in [6.07, 6.45) is 13.2. The topological polar surface area (TPSA) is 15.3 Å². The molecule has 3 aliphatic rings. The van der Waals surface area contributed by atoms with Crippen molar-refractivity contribution in [1.82, 2.24) is 10.2 Å². The lowest BCUT2D eigenvalue weighted by molar-refractivity contribution is -0.00504. The van der Waals surface area contributed by atoms with Crippen molar-refractivity contribution < 1.29 is 0 Å². The van der Waals surface area contributed by atoms with Crippen LogP contribution in [0, 0.1) is 0 Å². The first kappa shape index (κ1) is 12.0. The summed E-state index contributed by atoms with van der Waals surface area (Å²) in [6.45, 7) is 4.91. The van der Waals surface area contributed by atoms with Crippen LogP contribution in [-0.4, -0.2) is 35.6 Å². The van der Waals surface area contributed by atoms with Crippen LogP contribution in [0.3, 0.4) is 0 Å². The lowest BCUT2D eigenvalue weighted by atomic mass is 9.85. The highest BCUT2D eigenvalue weighted by Crippen LogP contribution is 2.40. The first-order valence-corrected chi connectivity index (χ1v) is 7.80. The Morgan fingerprint density at radius 3 is 2.41 bits per heavy atom. The van der Waals surface area contributed by atoms with Crippen molar-refractivity contribution in [2.75, 3.05) is 13.1 Å². The highest BCUT2D eigenvalue weighted by molar-refractivity contribution is 5.03. The second-order valence-corrected chi connectivity index (χ2v) is 6.66. The number of rotatable bonds is 1.